The summed E-state index contributed by atoms with van der Waals surface area (Å²) >= 11 is 0. The van der Waals surface area contributed by atoms with Gasteiger partial charge in [0.05, 0.1) is 27.9 Å². The van der Waals surface area contributed by atoms with Crippen molar-refractivity contribution in [3.63, 3.8) is 0 Å². The van der Waals surface area contributed by atoms with Crippen LogP contribution in [-0.4, -0.2) is 19.6 Å². The van der Waals surface area contributed by atoms with Crippen LogP contribution in [0.4, 0.5) is 26.3 Å². The normalized spacial score (nSPS) is 12.5. The van der Waals surface area contributed by atoms with Gasteiger partial charge in [-0.15, -0.1) is 12.1 Å². The van der Waals surface area contributed by atoms with Gasteiger partial charge in [-0.1, -0.05) is 0 Å². The van der Waals surface area contributed by atoms with E-state index in [1.807, 2.05) is 0 Å². The van der Waals surface area contributed by atoms with E-state index in [4.69, 9.17) is 0 Å². The fourth-order valence-electron chi connectivity index (χ4n) is 3.50. The Morgan fingerprint density at radius 2 is 1.06 bits per heavy atom. The number of hydrogen-bond acceptors (Lipinski definition) is 2. The fraction of sp³-hybridized carbons (Fsp3) is 0.217. The third-order valence-corrected chi connectivity index (χ3v) is 5.10. The Morgan fingerprint density at radius 1 is 0.676 bits per heavy atom. The Kier molecular flexibility index (Phi) is 6.86. The molecule has 4 aromatic rings. The fourth-order valence-corrected chi connectivity index (χ4v) is 3.50. The molecule has 4 nitrogen and oxygen atoms in total. The van der Waals surface area contributed by atoms with Crippen molar-refractivity contribution in [2.75, 3.05) is 0 Å². The molecular weight excluding hydrogens is 641 g/mol. The molecule has 0 aliphatic carbocycles. The molecule has 0 fully saturated rings. The van der Waals surface area contributed by atoms with Gasteiger partial charge in [-0.05, 0) is 25.2 Å². The van der Waals surface area contributed by atoms with Gasteiger partial charge in [-0.3, -0.25) is 9.36 Å². The molecule has 0 aliphatic heterocycles. The largest absolute Gasteiger partial charge is 2.00 e. The van der Waals surface area contributed by atoms with Crippen LogP contribution in [0.3, 0.4) is 0 Å². The molecule has 11 heteroatoms. The molecule has 4 rings (SSSR count). The molecule has 0 bridgehead atoms. The van der Waals surface area contributed by atoms with Crippen molar-refractivity contribution in [2.24, 2.45) is 0 Å². The molecule has 0 atom stereocenters. The summed E-state index contributed by atoms with van der Waals surface area (Å²) in [4.78, 5) is 0. The molecule has 0 N–H and O–H groups in total. The molecule has 0 saturated heterocycles. The molecule has 2 aromatic heterocycles. The predicted molar refractivity (Wildman–Crippen MR) is 107 cm³/mol. The van der Waals surface area contributed by atoms with Crippen molar-refractivity contribution in [3.8, 4) is 11.4 Å². The molecule has 0 radical (unpaired) electrons. The monoisotopic (exact) mass is 657 g/mol. The summed E-state index contributed by atoms with van der Waals surface area (Å²) in [6.07, 6.45) is -8.21. The van der Waals surface area contributed by atoms with Crippen LogP contribution in [0.2, 0.25) is 0 Å². The first kappa shape index (κ1) is 25.7. The number of hydrogen-bond donors (Lipinski definition) is 0. The summed E-state index contributed by atoms with van der Waals surface area (Å²) in [6, 6.07) is 17.9. The first-order valence-corrected chi connectivity index (χ1v) is 9.68. The number of aromatic nitrogens is 4. The standard InChI is InChI=1S/C23H16F6N4.Pt/c1-21(2,19-17(22(24,25)26)13-32(30-19)15-9-5-3-6-10-15)20-18(23(27,28)29)14-33(31-20)16-11-7-4-8-12-16;/h3-9,11,13-14H,1-2H3;/q-2;+2. The topological polar surface area (TPSA) is 35.6 Å². The Hall–Kier alpha value is -2.87. The summed E-state index contributed by atoms with van der Waals surface area (Å²) in [5.41, 5.74) is -4.90. The van der Waals surface area contributed by atoms with E-state index in [0.717, 1.165) is 21.8 Å². The number of alkyl halides is 6. The van der Waals surface area contributed by atoms with Crippen molar-refractivity contribution in [1.29, 1.82) is 0 Å². The zero-order valence-corrected chi connectivity index (χ0v) is 19.9. The van der Waals surface area contributed by atoms with Crippen LogP contribution in [0.15, 0.2) is 60.9 Å². The molecule has 0 saturated carbocycles. The average molecular weight is 657 g/mol. The van der Waals surface area contributed by atoms with E-state index < -0.39 is 40.3 Å². The second-order valence-electron chi connectivity index (χ2n) is 7.79. The Balaban J connectivity index is 0.00000324. The summed E-state index contributed by atoms with van der Waals surface area (Å²) in [7, 11) is 0. The van der Waals surface area contributed by atoms with Crippen LogP contribution in [0.1, 0.15) is 36.4 Å². The third kappa shape index (κ3) is 4.82. The first-order chi connectivity index (χ1) is 15.4. The van der Waals surface area contributed by atoms with Gasteiger partial charge in [-0.25, -0.2) is 0 Å². The zero-order chi connectivity index (χ0) is 24.0. The predicted octanol–water partition coefficient (Wildman–Crippen LogP) is 6.02. The van der Waals surface area contributed by atoms with Crippen LogP contribution in [0.25, 0.3) is 11.4 Å². The molecule has 2 aromatic carbocycles. The van der Waals surface area contributed by atoms with Crippen molar-refractivity contribution < 1.29 is 47.4 Å². The van der Waals surface area contributed by atoms with Crippen LogP contribution in [0, 0.1) is 12.1 Å². The summed E-state index contributed by atoms with van der Waals surface area (Å²) in [5, 5.41) is 8.08. The minimum atomic E-state index is -4.85. The van der Waals surface area contributed by atoms with E-state index in [9.17, 15) is 26.3 Å². The van der Waals surface area contributed by atoms with Crippen LogP contribution >= 0.6 is 0 Å². The zero-order valence-electron chi connectivity index (χ0n) is 17.6. The maximum atomic E-state index is 13.9. The van der Waals surface area contributed by atoms with Gasteiger partial charge < -0.3 is 0 Å². The van der Waals surface area contributed by atoms with Crippen molar-refractivity contribution in [1.82, 2.24) is 19.6 Å². The molecule has 0 spiro atoms. The van der Waals surface area contributed by atoms with E-state index in [-0.39, 0.29) is 32.4 Å². The van der Waals surface area contributed by atoms with Crippen molar-refractivity contribution in [2.45, 2.75) is 31.6 Å². The number of halogens is 6. The van der Waals surface area contributed by atoms with Crippen LogP contribution in [-0.2, 0) is 38.8 Å². The number of nitrogens with zero attached hydrogens (tertiary/aromatic N) is 4. The molecular formula is C23H16F6N4Pt. The Morgan fingerprint density at radius 3 is 1.35 bits per heavy atom. The van der Waals surface area contributed by atoms with E-state index in [1.165, 1.54) is 38.1 Å². The molecule has 0 amide bonds. The second kappa shape index (κ2) is 9.06. The van der Waals surface area contributed by atoms with Gasteiger partial charge in [0.2, 0.25) is 0 Å². The van der Waals surface area contributed by atoms with Gasteiger partial charge in [-0.2, -0.15) is 85.1 Å². The molecule has 0 aliphatic rings. The number of rotatable bonds is 4. The van der Waals surface area contributed by atoms with Crippen LogP contribution < -0.4 is 0 Å². The minimum Gasteiger partial charge on any atom is -0.265 e. The summed E-state index contributed by atoms with van der Waals surface area (Å²) in [6.45, 7) is 2.47. The number of benzene rings is 2. The van der Waals surface area contributed by atoms with Crippen molar-refractivity contribution in [3.05, 3.63) is 95.6 Å². The molecule has 34 heavy (non-hydrogen) atoms. The Labute approximate surface area is 205 Å². The Bertz CT molecular complexity index is 1160. The summed E-state index contributed by atoms with van der Waals surface area (Å²) in [5.74, 6) is 0. The van der Waals surface area contributed by atoms with Crippen LogP contribution in [0.5, 0.6) is 0 Å². The van der Waals surface area contributed by atoms with Gasteiger partial charge in [0.15, 0.2) is 0 Å². The molecule has 180 valence electrons. The molecule has 2 heterocycles. The minimum absolute atomic E-state index is 0. The third-order valence-electron chi connectivity index (χ3n) is 5.10. The molecule has 0 unspecified atom stereocenters. The van der Waals surface area contributed by atoms with Gasteiger partial charge in [0, 0.05) is 12.4 Å². The smallest absolute Gasteiger partial charge is 0.265 e. The van der Waals surface area contributed by atoms with E-state index >= 15 is 0 Å². The van der Waals surface area contributed by atoms with Crippen molar-refractivity contribution >= 4 is 0 Å². The maximum absolute atomic E-state index is 13.9. The van der Waals surface area contributed by atoms with Gasteiger partial charge in [0.25, 0.3) is 0 Å². The van der Waals surface area contributed by atoms with Gasteiger partial charge >= 0.3 is 33.4 Å². The van der Waals surface area contributed by atoms with Gasteiger partial charge in [0.1, 0.15) is 0 Å². The summed E-state index contributed by atoms with van der Waals surface area (Å²) < 4.78 is 85.4. The SMILES string of the molecule is CC(C)(c1nn(-c2[c-]cccc2)cc1C(F)(F)F)c1nn(-c2[c-]cccc2)cc1C(F)(F)F.[Pt+2]. The van der Waals surface area contributed by atoms with E-state index in [1.54, 1.807) is 24.3 Å². The number of para-hydroxylation sites is 2. The quantitative estimate of drug-likeness (QED) is 0.199. The average Bonchev–Trinajstić information content (AvgIpc) is 3.41. The first-order valence-electron chi connectivity index (χ1n) is 9.68. The van der Waals surface area contributed by atoms with E-state index in [2.05, 4.69) is 22.3 Å². The maximum Gasteiger partial charge on any atom is 2.00 e. The second-order valence-corrected chi connectivity index (χ2v) is 7.79. The van der Waals surface area contributed by atoms with E-state index in [0.29, 0.717) is 0 Å².